The lowest BCUT2D eigenvalue weighted by Crippen LogP contribution is -2.41. The van der Waals surface area contributed by atoms with Crippen LogP contribution in [0.25, 0.3) is 0 Å². The largest absolute Gasteiger partial charge is 0.371 e. The van der Waals surface area contributed by atoms with Gasteiger partial charge in [-0.05, 0) is 42.5 Å². The summed E-state index contributed by atoms with van der Waals surface area (Å²) in [5, 5.41) is 3.57. The monoisotopic (exact) mass is 478 g/mol. The molecule has 0 radical (unpaired) electrons. The third-order valence-corrected chi connectivity index (χ3v) is 5.20. The van der Waals surface area contributed by atoms with E-state index >= 15 is 0 Å². The molecule has 1 fully saturated rings. The van der Waals surface area contributed by atoms with E-state index in [9.17, 15) is 0 Å². The number of benzene rings is 2. The van der Waals surface area contributed by atoms with Crippen LogP contribution in [0, 0.1) is 12.8 Å². The minimum atomic E-state index is 0. The number of halogens is 1. The Balaban J connectivity index is 0.00000261. The molecule has 1 atom stereocenters. The first-order valence-electron chi connectivity index (χ1n) is 9.43. The van der Waals surface area contributed by atoms with Crippen LogP contribution in [0.1, 0.15) is 17.5 Å². The molecule has 2 aromatic carbocycles. The zero-order valence-electron chi connectivity index (χ0n) is 16.6. The second kappa shape index (κ2) is 10.5. The van der Waals surface area contributed by atoms with Crippen molar-refractivity contribution in [2.45, 2.75) is 19.9 Å². The van der Waals surface area contributed by atoms with Gasteiger partial charge in [0.2, 0.25) is 0 Å². The van der Waals surface area contributed by atoms with Gasteiger partial charge in [0.1, 0.15) is 0 Å². The van der Waals surface area contributed by atoms with Gasteiger partial charge in [-0.25, -0.2) is 0 Å². The summed E-state index contributed by atoms with van der Waals surface area (Å²) >= 11 is 0. The first kappa shape index (κ1) is 21.5. The first-order valence-corrected chi connectivity index (χ1v) is 9.43. The van der Waals surface area contributed by atoms with Gasteiger partial charge < -0.3 is 15.1 Å². The predicted octanol–water partition coefficient (Wildman–Crippen LogP) is 4.15. The Bertz CT molecular complexity index is 732. The molecule has 146 valence electrons. The molecule has 1 N–H and O–H groups in total. The Hall–Kier alpha value is -1.76. The van der Waals surface area contributed by atoms with Crippen LogP contribution in [-0.4, -0.2) is 44.6 Å². The highest BCUT2D eigenvalue weighted by molar-refractivity contribution is 14.0. The Morgan fingerprint density at radius 1 is 1.15 bits per heavy atom. The van der Waals surface area contributed by atoms with E-state index in [0.29, 0.717) is 5.92 Å². The number of guanidine groups is 1. The van der Waals surface area contributed by atoms with Gasteiger partial charge in [0, 0.05) is 46.0 Å². The van der Waals surface area contributed by atoms with Gasteiger partial charge in [0.15, 0.2) is 5.96 Å². The second-order valence-corrected chi connectivity index (χ2v) is 7.15. The third kappa shape index (κ3) is 5.86. The lowest BCUT2D eigenvalue weighted by molar-refractivity contribution is 0.461. The molecule has 1 unspecified atom stereocenters. The van der Waals surface area contributed by atoms with Crippen LogP contribution in [0.5, 0.6) is 0 Å². The van der Waals surface area contributed by atoms with Crippen molar-refractivity contribution < 1.29 is 0 Å². The van der Waals surface area contributed by atoms with Crippen molar-refractivity contribution in [2.75, 3.05) is 38.6 Å². The lowest BCUT2D eigenvalue weighted by Gasteiger charge is -2.24. The average Bonchev–Trinajstić information content (AvgIpc) is 3.14. The molecule has 0 saturated carbocycles. The van der Waals surface area contributed by atoms with E-state index in [4.69, 9.17) is 0 Å². The van der Waals surface area contributed by atoms with E-state index in [1.165, 1.54) is 23.2 Å². The van der Waals surface area contributed by atoms with E-state index in [-0.39, 0.29) is 24.0 Å². The molecular weight excluding hydrogens is 447 g/mol. The summed E-state index contributed by atoms with van der Waals surface area (Å²) in [7, 11) is 3.97. The molecular formula is C22H31IN4. The maximum atomic E-state index is 4.47. The van der Waals surface area contributed by atoms with Crippen LogP contribution < -0.4 is 10.2 Å². The smallest absolute Gasteiger partial charge is 0.193 e. The van der Waals surface area contributed by atoms with E-state index in [1.54, 1.807) is 0 Å². The standard InChI is InChI=1S/C22H30N4.HI/c1-18-9-7-8-10-20(18)17-25(3)22(23-2)24-15-19-13-14-26(16-19)21-11-5-4-6-12-21;/h4-12,19H,13-17H2,1-3H3,(H,23,24);1H. The maximum Gasteiger partial charge on any atom is 0.193 e. The molecule has 0 aliphatic carbocycles. The fourth-order valence-corrected chi connectivity index (χ4v) is 3.61. The fourth-order valence-electron chi connectivity index (χ4n) is 3.61. The highest BCUT2D eigenvalue weighted by Gasteiger charge is 2.23. The van der Waals surface area contributed by atoms with Crippen LogP contribution in [0.4, 0.5) is 5.69 Å². The maximum absolute atomic E-state index is 4.47. The highest BCUT2D eigenvalue weighted by atomic mass is 127. The Morgan fingerprint density at radius 3 is 2.56 bits per heavy atom. The number of hydrogen-bond donors (Lipinski definition) is 1. The molecule has 0 bridgehead atoms. The zero-order valence-corrected chi connectivity index (χ0v) is 18.9. The number of nitrogens with one attached hydrogen (secondary N) is 1. The molecule has 5 heteroatoms. The van der Waals surface area contributed by atoms with Crippen molar-refractivity contribution in [3.63, 3.8) is 0 Å². The lowest BCUT2D eigenvalue weighted by atomic mass is 10.1. The number of aryl methyl sites for hydroxylation is 1. The van der Waals surface area contributed by atoms with E-state index in [2.05, 4.69) is 88.7 Å². The molecule has 0 amide bonds. The van der Waals surface area contributed by atoms with Gasteiger partial charge in [-0.3, -0.25) is 4.99 Å². The molecule has 3 rings (SSSR count). The number of hydrogen-bond acceptors (Lipinski definition) is 2. The number of anilines is 1. The Kier molecular flexibility index (Phi) is 8.41. The van der Waals surface area contributed by atoms with Crippen LogP contribution in [0.3, 0.4) is 0 Å². The van der Waals surface area contributed by atoms with Crippen molar-refractivity contribution >= 4 is 35.6 Å². The molecule has 4 nitrogen and oxygen atoms in total. The number of nitrogens with zero attached hydrogens (tertiary/aromatic N) is 3. The number of para-hydroxylation sites is 1. The van der Waals surface area contributed by atoms with E-state index < -0.39 is 0 Å². The zero-order chi connectivity index (χ0) is 18.4. The molecule has 1 saturated heterocycles. The van der Waals surface area contributed by atoms with Gasteiger partial charge in [-0.15, -0.1) is 24.0 Å². The molecule has 1 aliphatic rings. The molecule has 1 heterocycles. The van der Waals surface area contributed by atoms with Crippen LogP contribution in [0.2, 0.25) is 0 Å². The van der Waals surface area contributed by atoms with Crippen molar-refractivity contribution in [3.05, 3.63) is 65.7 Å². The highest BCUT2D eigenvalue weighted by Crippen LogP contribution is 2.23. The third-order valence-electron chi connectivity index (χ3n) is 5.20. The van der Waals surface area contributed by atoms with Gasteiger partial charge in [-0.1, -0.05) is 42.5 Å². The first-order chi connectivity index (χ1) is 12.7. The van der Waals surface area contributed by atoms with Crippen molar-refractivity contribution in [1.82, 2.24) is 10.2 Å². The van der Waals surface area contributed by atoms with E-state index in [1.807, 2.05) is 7.05 Å². The minimum Gasteiger partial charge on any atom is -0.371 e. The number of aliphatic imine (C=N–C) groups is 1. The van der Waals surface area contributed by atoms with Gasteiger partial charge in [0.25, 0.3) is 0 Å². The van der Waals surface area contributed by atoms with Crippen molar-refractivity contribution in [3.8, 4) is 0 Å². The summed E-state index contributed by atoms with van der Waals surface area (Å²) in [5.74, 6) is 1.62. The SMILES string of the molecule is CN=C(NCC1CCN(c2ccccc2)C1)N(C)Cc1ccccc1C.I. The summed E-state index contributed by atoms with van der Waals surface area (Å²) in [6, 6.07) is 19.2. The Labute approximate surface area is 180 Å². The summed E-state index contributed by atoms with van der Waals surface area (Å²) in [4.78, 5) is 9.15. The van der Waals surface area contributed by atoms with Crippen molar-refractivity contribution in [2.24, 2.45) is 10.9 Å². The fraction of sp³-hybridized carbons (Fsp3) is 0.409. The van der Waals surface area contributed by atoms with Crippen molar-refractivity contribution in [1.29, 1.82) is 0 Å². The predicted molar refractivity (Wildman–Crippen MR) is 126 cm³/mol. The average molecular weight is 478 g/mol. The molecule has 0 spiro atoms. The molecule has 27 heavy (non-hydrogen) atoms. The normalized spacial score (nSPS) is 16.8. The van der Waals surface area contributed by atoms with Gasteiger partial charge in [-0.2, -0.15) is 0 Å². The second-order valence-electron chi connectivity index (χ2n) is 7.15. The summed E-state index contributed by atoms with van der Waals surface area (Å²) < 4.78 is 0. The molecule has 1 aliphatic heterocycles. The summed E-state index contributed by atoms with van der Waals surface area (Å²) in [6.45, 7) is 6.24. The van der Waals surface area contributed by atoms with Gasteiger partial charge in [0.05, 0.1) is 0 Å². The van der Waals surface area contributed by atoms with Crippen LogP contribution >= 0.6 is 24.0 Å². The number of rotatable bonds is 5. The minimum absolute atomic E-state index is 0. The molecule has 2 aromatic rings. The van der Waals surface area contributed by atoms with Gasteiger partial charge >= 0.3 is 0 Å². The van der Waals surface area contributed by atoms with Crippen LogP contribution in [-0.2, 0) is 6.54 Å². The quantitative estimate of drug-likeness (QED) is 0.398. The topological polar surface area (TPSA) is 30.9 Å². The Morgan fingerprint density at radius 2 is 1.85 bits per heavy atom. The molecule has 0 aromatic heterocycles. The van der Waals surface area contributed by atoms with Crippen LogP contribution in [0.15, 0.2) is 59.6 Å². The summed E-state index contributed by atoms with van der Waals surface area (Å²) in [6.07, 6.45) is 1.22. The summed E-state index contributed by atoms with van der Waals surface area (Å²) in [5.41, 5.74) is 3.99. The van der Waals surface area contributed by atoms with E-state index in [0.717, 1.165) is 32.1 Å².